The van der Waals surface area contributed by atoms with Gasteiger partial charge in [-0.15, -0.1) is 0 Å². The van der Waals surface area contributed by atoms with Crippen molar-refractivity contribution in [1.29, 1.82) is 0 Å². The van der Waals surface area contributed by atoms with Crippen molar-refractivity contribution in [2.45, 2.75) is 44.6 Å². The average molecular weight is 319 g/mol. The Morgan fingerprint density at radius 3 is 2.17 bits per heavy atom. The van der Waals surface area contributed by atoms with E-state index in [4.69, 9.17) is 0 Å². The van der Waals surface area contributed by atoms with Crippen LogP contribution in [0.1, 0.15) is 49.1 Å². The highest BCUT2D eigenvalue weighted by molar-refractivity contribution is 5.25. The monoisotopic (exact) mass is 319 g/mol. The summed E-state index contributed by atoms with van der Waals surface area (Å²) in [6, 6.07) is 22.0. The van der Waals surface area contributed by atoms with Gasteiger partial charge in [0.2, 0.25) is 0 Å². The van der Waals surface area contributed by atoms with Gasteiger partial charge in [0.05, 0.1) is 0 Å². The van der Waals surface area contributed by atoms with Gasteiger partial charge in [-0.25, -0.2) is 0 Å². The molecule has 1 heteroatoms. The fourth-order valence-corrected chi connectivity index (χ4v) is 4.40. The van der Waals surface area contributed by atoms with Gasteiger partial charge in [-0.2, -0.15) is 0 Å². The predicted octanol–water partition coefficient (Wildman–Crippen LogP) is 5.48. The summed E-state index contributed by atoms with van der Waals surface area (Å²) < 4.78 is 0. The zero-order valence-corrected chi connectivity index (χ0v) is 14.6. The first-order valence-corrected chi connectivity index (χ1v) is 9.70. The lowest BCUT2D eigenvalue weighted by Crippen LogP contribution is -2.33. The molecule has 2 aliphatic rings. The van der Waals surface area contributed by atoms with E-state index in [2.05, 4.69) is 65.6 Å². The highest BCUT2D eigenvalue weighted by Gasteiger charge is 2.37. The van der Waals surface area contributed by atoms with Crippen molar-refractivity contribution in [2.75, 3.05) is 13.1 Å². The first-order chi connectivity index (χ1) is 11.9. The number of rotatable bonds is 6. The molecule has 2 fully saturated rings. The zero-order chi connectivity index (χ0) is 16.2. The Balaban J connectivity index is 1.17. The van der Waals surface area contributed by atoms with Gasteiger partial charge >= 0.3 is 0 Å². The Morgan fingerprint density at radius 2 is 1.46 bits per heavy atom. The van der Waals surface area contributed by atoms with E-state index in [1.54, 1.807) is 5.56 Å². The zero-order valence-electron chi connectivity index (χ0n) is 14.6. The van der Waals surface area contributed by atoms with Crippen LogP contribution in [0.3, 0.4) is 0 Å². The van der Waals surface area contributed by atoms with Crippen molar-refractivity contribution in [1.82, 2.24) is 4.90 Å². The molecule has 0 aromatic heterocycles. The molecule has 1 aliphatic carbocycles. The summed E-state index contributed by atoms with van der Waals surface area (Å²) in [5.41, 5.74) is 3.03. The van der Waals surface area contributed by atoms with Crippen molar-refractivity contribution in [3.63, 3.8) is 0 Å². The molecule has 0 spiro atoms. The van der Waals surface area contributed by atoms with E-state index in [0.29, 0.717) is 0 Å². The molecule has 2 aromatic carbocycles. The van der Waals surface area contributed by atoms with E-state index in [0.717, 1.165) is 24.3 Å². The van der Waals surface area contributed by atoms with E-state index < -0.39 is 0 Å². The largest absolute Gasteiger partial charge is 0.299 e. The van der Waals surface area contributed by atoms with Crippen LogP contribution in [0.4, 0.5) is 0 Å². The maximum absolute atomic E-state index is 2.63. The Kier molecular flexibility index (Phi) is 4.99. The lowest BCUT2D eigenvalue weighted by molar-refractivity contribution is 0.170. The van der Waals surface area contributed by atoms with Crippen molar-refractivity contribution in [2.24, 2.45) is 11.8 Å². The Bertz CT molecular complexity index is 613. The molecule has 0 N–H and O–H groups in total. The molecule has 2 aromatic rings. The van der Waals surface area contributed by atoms with E-state index in [1.807, 2.05) is 0 Å². The molecule has 126 valence electrons. The molecule has 1 saturated heterocycles. The van der Waals surface area contributed by atoms with Gasteiger partial charge in [-0.1, -0.05) is 67.1 Å². The molecular weight excluding hydrogens is 290 g/mol. The first-order valence-electron chi connectivity index (χ1n) is 9.70. The van der Waals surface area contributed by atoms with E-state index >= 15 is 0 Å². The maximum Gasteiger partial charge on any atom is 0.0233 e. The number of piperidine rings is 1. The van der Waals surface area contributed by atoms with Gasteiger partial charge in [-0.05, 0) is 67.7 Å². The van der Waals surface area contributed by atoms with E-state index in [1.165, 1.54) is 50.8 Å². The highest BCUT2D eigenvalue weighted by atomic mass is 15.1. The molecule has 1 unspecified atom stereocenters. The van der Waals surface area contributed by atoms with Gasteiger partial charge in [0.1, 0.15) is 0 Å². The minimum Gasteiger partial charge on any atom is -0.299 e. The molecule has 0 amide bonds. The van der Waals surface area contributed by atoms with Gasteiger partial charge in [0.15, 0.2) is 0 Å². The number of likely N-dealkylation sites (tertiary alicyclic amines) is 1. The summed E-state index contributed by atoms with van der Waals surface area (Å²) in [7, 11) is 0. The SMILES string of the molecule is c1ccc(CN2CCC(CCC3C[C@H]3c3ccccc3)CC2)cc1. The second kappa shape index (κ2) is 7.53. The molecule has 0 bridgehead atoms. The number of benzene rings is 2. The van der Waals surface area contributed by atoms with Crippen LogP contribution in [-0.4, -0.2) is 18.0 Å². The molecular formula is C23H29N. The fraction of sp³-hybridized carbons (Fsp3) is 0.478. The molecule has 2 atom stereocenters. The summed E-state index contributed by atoms with van der Waals surface area (Å²) in [4.78, 5) is 2.63. The topological polar surface area (TPSA) is 3.24 Å². The Labute approximate surface area is 146 Å². The number of hydrogen-bond acceptors (Lipinski definition) is 1. The molecule has 24 heavy (non-hydrogen) atoms. The lowest BCUT2D eigenvalue weighted by atomic mass is 9.90. The highest BCUT2D eigenvalue weighted by Crippen LogP contribution is 2.50. The Hall–Kier alpha value is -1.60. The van der Waals surface area contributed by atoms with Crippen LogP contribution in [0.25, 0.3) is 0 Å². The second-order valence-corrected chi connectivity index (χ2v) is 7.80. The summed E-state index contributed by atoms with van der Waals surface area (Å²) in [5, 5.41) is 0. The average Bonchev–Trinajstić information content (AvgIpc) is 3.43. The number of nitrogens with zero attached hydrogens (tertiary/aromatic N) is 1. The van der Waals surface area contributed by atoms with E-state index in [9.17, 15) is 0 Å². The van der Waals surface area contributed by atoms with Crippen molar-refractivity contribution >= 4 is 0 Å². The van der Waals surface area contributed by atoms with Crippen molar-refractivity contribution < 1.29 is 0 Å². The molecule has 1 heterocycles. The van der Waals surface area contributed by atoms with Crippen molar-refractivity contribution in [3.8, 4) is 0 Å². The first kappa shape index (κ1) is 15.9. The van der Waals surface area contributed by atoms with Crippen LogP contribution in [0, 0.1) is 11.8 Å². The van der Waals surface area contributed by atoms with Crippen LogP contribution < -0.4 is 0 Å². The normalized spacial score (nSPS) is 24.8. The van der Waals surface area contributed by atoms with Crippen molar-refractivity contribution in [3.05, 3.63) is 71.8 Å². The molecule has 1 nitrogen and oxygen atoms in total. The molecule has 1 saturated carbocycles. The van der Waals surface area contributed by atoms with Gasteiger partial charge in [0.25, 0.3) is 0 Å². The Morgan fingerprint density at radius 1 is 0.792 bits per heavy atom. The van der Waals surface area contributed by atoms with Gasteiger partial charge in [-0.3, -0.25) is 4.90 Å². The fourth-order valence-electron chi connectivity index (χ4n) is 4.40. The predicted molar refractivity (Wildman–Crippen MR) is 101 cm³/mol. The second-order valence-electron chi connectivity index (χ2n) is 7.80. The minimum absolute atomic E-state index is 0.865. The quantitative estimate of drug-likeness (QED) is 0.681. The minimum atomic E-state index is 0.865. The smallest absolute Gasteiger partial charge is 0.0233 e. The third kappa shape index (κ3) is 4.08. The summed E-state index contributed by atoms with van der Waals surface area (Å²) in [5.74, 6) is 2.80. The summed E-state index contributed by atoms with van der Waals surface area (Å²) in [6.45, 7) is 3.70. The van der Waals surface area contributed by atoms with Crippen LogP contribution in [0.15, 0.2) is 60.7 Å². The summed E-state index contributed by atoms with van der Waals surface area (Å²) >= 11 is 0. The third-order valence-corrected chi connectivity index (χ3v) is 6.05. The standard InChI is InChI=1S/C23H29N/c1-3-7-20(8-4-1)18-24-15-13-19(14-16-24)11-12-22-17-23(22)21-9-5-2-6-10-21/h1-10,19,22-23H,11-18H2/t22?,23-/m0/s1. The molecule has 4 rings (SSSR count). The molecule has 0 radical (unpaired) electrons. The summed E-state index contributed by atoms with van der Waals surface area (Å²) in [6.07, 6.45) is 7.12. The van der Waals surface area contributed by atoms with Crippen LogP contribution in [0.5, 0.6) is 0 Å². The van der Waals surface area contributed by atoms with Crippen LogP contribution in [-0.2, 0) is 6.54 Å². The van der Waals surface area contributed by atoms with Crippen LogP contribution in [0.2, 0.25) is 0 Å². The third-order valence-electron chi connectivity index (χ3n) is 6.05. The number of hydrogen-bond donors (Lipinski definition) is 0. The maximum atomic E-state index is 2.63. The van der Waals surface area contributed by atoms with Crippen LogP contribution >= 0.6 is 0 Å². The van der Waals surface area contributed by atoms with Gasteiger partial charge in [0, 0.05) is 6.54 Å². The van der Waals surface area contributed by atoms with Gasteiger partial charge < -0.3 is 0 Å². The lowest BCUT2D eigenvalue weighted by Gasteiger charge is -2.32. The molecule has 1 aliphatic heterocycles. The van der Waals surface area contributed by atoms with E-state index in [-0.39, 0.29) is 0 Å².